The molecule has 0 aliphatic heterocycles. The first-order valence-corrected chi connectivity index (χ1v) is 9.87. The molecule has 1 amide bonds. The van der Waals surface area contributed by atoms with E-state index in [9.17, 15) is 20.2 Å². The van der Waals surface area contributed by atoms with Crippen LogP contribution in [0.15, 0.2) is 28.9 Å². The number of thiophene rings is 1. The van der Waals surface area contributed by atoms with E-state index in [4.69, 9.17) is 4.42 Å². The zero-order chi connectivity index (χ0) is 20.5. The Morgan fingerprint density at radius 1 is 1.55 bits per heavy atom. The molecule has 1 aliphatic rings. The first kappa shape index (κ1) is 18.9. The monoisotopic (exact) mass is 411 g/mol. The Kier molecular flexibility index (Phi) is 4.90. The van der Waals surface area contributed by atoms with Crippen molar-refractivity contribution in [2.24, 2.45) is 5.92 Å². The Morgan fingerprint density at radius 2 is 2.38 bits per heavy atom. The highest BCUT2D eigenvalue weighted by Gasteiger charge is 2.25. The number of hydrogen-bond acceptors (Lipinski definition) is 7. The maximum Gasteiger partial charge on any atom is 0.307 e. The van der Waals surface area contributed by atoms with Crippen LogP contribution in [-0.4, -0.2) is 20.6 Å². The van der Waals surface area contributed by atoms with Crippen molar-refractivity contribution in [3.8, 4) is 6.07 Å². The summed E-state index contributed by atoms with van der Waals surface area (Å²) >= 11 is 1.45. The quantitative estimate of drug-likeness (QED) is 0.503. The van der Waals surface area contributed by atoms with Crippen molar-refractivity contribution in [1.82, 2.24) is 9.78 Å². The molecule has 29 heavy (non-hydrogen) atoms. The average molecular weight is 411 g/mol. The summed E-state index contributed by atoms with van der Waals surface area (Å²) in [6, 6.07) is 5.37. The zero-order valence-corrected chi connectivity index (χ0v) is 16.4. The molecule has 0 fully saturated rings. The lowest BCUT2D eigenvalue weighted by Crippen LogP contribution is -2.11. The molecule has 0 saturated heterocycles. The molecule has 4 rings (SSSR count). The van der Waals surface area contributed by atoms with Crippen LogP contribution in [0.4, 0.5) is 10.7 Å². The van der Waals surface area contributed by atoms with Crippen LogP contribution in [0.3, 0.4) is 0 Å². The second-order valence-corrected chi connectivity index (χ2v) is 8.15. The van der Waals surface area contributed by atoms with E-state index < -0.39 is 10.8 Å². The summed E-state index contributed by atoms with van der Waals surface area (Å²) in [4.78, 5) is 24.0. The average Bonchev–Trinajstić information content (AvgIpc) is 3.40. The summed E-state index contributed by atoms with van der Waals surface area (Å²) in [5.41, 5.74) is 1.47. The van der Waals surface area contributed by atoms with Gasteiger partial charge < -0.3 is 9.73 Å². The van der Waals surface area contributed by atoms with E-state index in [1.54, 1.807) is 6.07 Å². The van der Waals surface area contributed by atoms with Gasteiger partial charge in [-0.25, -0.2) is 0 Å². The van der Waals surface area contributed by atoms with Crippen LogP contribution in [-0.2, 0) is 19.4 Å². The predicted octanol–water partition coefficient (Wildman–Crippen LogP) is 3.74. The van der Waals surface area contributed by atoms with E-state index in [2.05, 4.69) is 23.4 Å². The third-order valence-electron chi connectivity index (χ3n) is 4.88. The van der Waals surface area contributed by atoms with Gasteiger partial charge in [0.15, 0.2) is 5.76 Å². The van der Waals surface area contributed by atoms with Gasteiger partial charge in [-0.05, 0) is 42.9 Å². The van der Waals surface area contributed by atoms with Crippen molar-refractivity contribution >= 4 is 27.9 Å². The van der Waals surface area contributed by atoms with E-state index in [-0.39, 0.29) is 18.0 Å². The number of nitrogens with one attached hydrogen (secondary N) is 1. The van der Waals surface area contributed by atoms with Gasteiger partial charge in [0, 0.05) is 4.88 Å². The fourth-order valence-electron chi connectivity index (χ4n) is 3.40. The minimum absolute atomic E-state index is 0.102. The SMILES string of the molecule is C[C@@H]1CCc2c(sc(NC(=O)c3ccc(Cn4cc([N+](=O)[O-])cn4)o3)c2C#N)C1. The van der Waals surface area contributed by atoms with Crippen LogP contribution in [0.1, 0.15) is 45.7 Å². The number of nitrogens with zero attached hydrogens (tertiary/aromatic N) is 4. The maximum atomic E-state index is 12.6. The Labute approximate surface area is 169 Å². The molecule has 3 aromatic rings. The van der Waals surface area contributed by atoms with Gasteiger partial charge in [0.25, 0.3) is 5.91 Å². The van der Waals surface area contributed by atoms with Gasteiger partial charge in [-0.3, -0.25) is 19.6 Å². The topological polar surface area (TPSA) is 127 Å². The van der Waals surface area contributed by atoms with Crippen molar-refractivity contribution in [1.29, 1.82) is 5.26 Å². The molecule has 0 radical (unpaired) electrons. The summed E-state index contributed by atoms with van der Waals surface area (Å²) in [6.07, 6.45) is 5.26. The summed E-state index contributed by atoms with van der Waals surface area (Å²) in [5, 5.41) is 27.5. The number of hydrogen-bond donors (Lipinski definition) is 1. The van der Waals surface area contributed by atoms with Gasteiger partial charge in [-0.2, -0.15) is 10.4 Å². The molecule has 1 N–H and O–H groups in total. The molecule has 1 atom stereocenters. The Morgan fingerprint density at radius 3 is 3.10 bits per heavy atom. The lowest BCUT2D eigenvalue weighted by molar-refractivity contribution is -0.385. The molecule has 0 bridgehead atoms. The van der Waals surface area contributed by atoms with Gasteiger partial charge in [-0.1, -0.05) is 6.92 Å². The van der Waals surface area contributed by atoms with Crippen molar-refractivity contribution in [3.05, 3.63) is 62.2 Å². The van der Waals surface area contributed by atoms with Gasteiger partial charge in [0.05, 0.1) is 17.0 Å². The van der Waals surface area contributed by atoms with E-state index in [0.717, 1.165) is 35.9 Å². The molecular formula is C19H17N5O4S. The largest absolute Gasteiger partial charge is 0.454 e. The van der Waals surface area contributed by atoms with Crippen LogP contribution in [0.25, 0.3) is 0 Å². The van der Waals surface area contributed by atoms with Gasteiger partial charge >= 0.3 is 5.69 Å². The highest BCUT2D eigenvalue weighted by Crippen LogP contribution is 2.39. The van der Waals surface area contributed by atoms with Crippen LogP contribution in [0.5, 0.6) is 0 Å². The number of nitro groups is 1. The molecule has 9 nitrogen and oxygen atoms in total. The standard InChI is InChI=1S/C19H17N5O4S/c1-11-2-4-14-15(7-20)19(29-17(14)6-11)22-18(25)16-5-3-13(28-16)10-23-9-12(8-21-23)24(26)27/h3,5,8-9,11H,2,4,6,10H2,1H3,(H,22,25)/t11-/m1/s1. The smallest absolute Gasteiger partial charge is 0.307 e. The van der Waals surface area contributed by atoms with Crippen LogP contribution in [0.2, 0.25) is 0 Å². The minimum atomic E-state index is -0.529. The lowest BCUT2D eigenvalue weighted by atomic mass is 9.89. The number of carbonyl (C=O) groups is 1. The summed E-state index contributed by atoms with van der Waals surface area (Å²) < 4.78 is 6.92. The number of nitriles is 1. The summed E-state index contributed by atoms with van der Waals surface area (Å²) in [6.45, 7) is 2.35. The highest BCUT2D eigenvalue weighted by atomic mass is 32.1. The van der Waals surface area contributed by atoms with Crippen molar-refractivity contribution < 1.29 is 14.1 Å². The highest BCUT2D eigenvalue weighted by molar-refractivity contribution is 7.16. The summed E-state index contributed by atoms with van der Waals surface area (Å²) in [7, 11) is 0. The van der Waals surface area contributed by atoms with E-state index in [0.29, 0.717) is 22.2 Å². The van der Waals surface area contributed by atoms with Gasteiger partial charge in [-0.15, -0.1) is 11.3 Å². The normalized spacial score (nSPS) is 15.5. The first-order chi connectivity index (χ1) is 13.9. The third kappa shape index (κ3) is 3.77. The molecule has 148 valence electrons. The van der Waals surface area contributed by atoms with Crippen molar-refractivity contribution in [2.45, 2.75) is 32.7 Å². The predicted molar refractivity (Wildman–Crippen MR) is 105 cm³/mol. The molecule has 0 unspecified atom stereocenters. The fourth-order valence-corrected chi connectivity index (χ4v) is 4.76. The number of amides is 1. The Balaban J connectivity index is 1.48. The molecule has 3 aromatic heterocycles. The van der Waals surface area contributed by atoms with Crippen LogP contribution >= 0.6 is 11.3 Å². The Hall–Kier alpha value is -3.45. The van der Waals surface area contributed by atoms with Crippen molar-refractivity contribution in [3.63, 3.8) is 0 Å². The molecule has 3 heterocycles. The van der Waals surface area contributed by atoms with Crippen LogP contribution < -0.4 is 5.32 Å². The Bertz CT molecular complexity index is 1140. The van der Waals surface area contributed by atoms with E-state index in [1.807, 2.05) is 0 Å². The minimum Gasteiger partial charge on any atom is -0.454 e. The van der Waals surface area contributed by atoms with Crippen molar-refractivity contribution in [2.75, 3.05) is 5.32 Å². The third-order valence-corrected chi connectivity index (χ3v) is 6.05. The van der Waals surface area contributed by atoms with Gasteiger partial charge in [0.1, 0.15) is 29.2 Å². The molecule has 0 aromatic carbocycles. The number of carbonyl (C=O) groups excluding carboxylic acids is 1. The lowest BCUT2D eigenvalue weighted by Gasteiger charge is -2.17. The molecule has 0 saturated carbocycles. The van der Waals surface area contributed by atoms with E-state index >= 15 is 0 Å². The number of aromatic nitrogens is 2. The number of fused-ring (bicyclic) bond motifs is 1. The number of rotatable bonds is 5. The first-order valence-electron chi connectivity index (χ1n) is 9.06. The molecule has 10 heteroatoms. The zero-order valence-electron chi connectivity index (χ0n) is 15.5. The van der Waals surface area contributed by atoms with Gasteiger partial charge in [0.2, 0.25) is 0 Å². The fraction of sp³-hybridized carbons (Fsp3) is 0.316. The maximum absolute atomic E-state index is 12.6. The van der Waals surface area contributed by atoms with E-state index in [1.165, 1.54) is 28.3 Å². The summed E-state index contributed by atoms with van der Waals surface area (Å²) in [5.74, 6) is 0.672. The molecule has 1 aliphatic carbocycles. The number of anilines is 1. The number of furan rings is 1. The van der Waals surface area contributed by atoms with Crippen LogP contribution in [0, 0.1) is 27.4 Å². The molecule has 0 spiro atoms. The second-order valence-electron chi connectivity index (χ2n) is 7.04. The second kappa shape index (κ2) is 7.52. The molecular weight excluding hydrogens is 394 g/mol.